The molecule has 0 unspecified atom stereocenters. The summed E-state index contributed by atoms with van der Waals surface area (Å²) in [6.45, 7) is 5.09. The van der Waals surface area contributed by atoms with Gasteiger partial charge in [-0.3, -0.25) is 4.99 Å². The summed E-state index contributed by atoms with van der Waals surface area (Å²) in [5.41, 5.74) is 0.580. The van der Waals surface area contributed by atoms with Gasteiger partial charge in [-0.2, -0.15) is 0 Å². The SMILES string of the molecule is CN=C(NCCc1ccc(OC(F)(F)F)cc1)NCC(C)(C)OC.I. The van der Waals surface area contributed by atoms with Crippen LogP contribution in [0.5, 0.6) is 5.75 Å². The first kappa shape index (κ1) is 23.8. The van der Waals surface area contributed by atoms with E-state index in [2.05, 4.69) is 20.4 Å². The van der Waals surface area contributed by atoms with Crippen molar-refractivity contribution < 1.29 is 22.6 Å². The quantitative estimate of drug-likeness (QED) is 0.361. The molecular weight excluding hydrogens is 450 g/mol. The summed E-state index contributed by atoms with van der Waals surface area (Å²) in [5.74, 6) is 0.413. The topological polar surface area (TPSA) is 54.9 Å². The highest BCUT2D eigenvalue weighted by molar-refractivity contribution is 14.0. The molecule has 0 aliphatic rings. The number of nitrogens with zero attached hydrogens (tertiary/aromatic N) is 1. The number of benzene rings is 1. The third kappa shape index (κ3) is 10.4. The highest BCUT2D eigenvalue weighted by Gasteiger charge is 2.30. The molecular formula is C16H25F3IN3O2. The van der Waals surface area contributed by atoms with Gasteiger partial charge in [0.25, 0.3) is 0 Å². The van der Waals surface area contributed by atoms with E-state index in [0.29, 0.717) is 25.5 Å². The Hall–Kier alpha value is -1.23. The Bertz CT molecular complexity index is 534. The lowest BCUT2D eigenvalue weighted by Gasteiger charge is -2.24. The molecule has 144 valence electrons. The van der Waals surface area contributed by atoms with Crippen molar-refractivity contribution in [1.82, 2.24) is 10.6 Å². The Morgan fingerprint density at radius 2 is 1.72 bits per heavy atom. The van der Waals surface area contributed by atoms with Crippen molar-refractivity contribution >= 4 is 29.9 Å². The predicted molar refractivity (Wildman–Crippen MR) is 103 cm³/mol. The van der Waals surface area contributed by atoms with Gasteiger partial charge in [0.1, 0.15) is 5.75 Å². The van der Waals surface area contributed by atoms with Crippen LogP contribution in [0.15, 0.2) is 29.3 Å². The van der Waals surface area contributed by atoms with E-state index >= 15 is 0 Å². The maximum Gasteiger partial charge on any atom is 0.573 e. The lowest BCUT2D eigenvalue weighted by atomic mass is 10.1. The molecule has 0 spiro atoms. The van der Waals surface area contributed by atoms with Crippen molar-refractivity contribution in [2.45, 2.75) is 32.2 Å². The number of hydrogen-bond donors (Lipinski definition) is 2. The Morgan fingerprint density at radius 3 is 2.20 bits per heavy atom. The van der Waals surface area contributed by atoms with E-state index in [-0.39, 0.29) is 35.3 Å². The van der Waals surface area contributed by atoms with E-state index in [4.69, 9.17) is 4.74 Å². The van der Waals surface area contributed by atoms with Crippen LogP contribution in [0.4, 0.5) is 13.2 Å². The van der Waals surface area contributed by atoms with Crippen molar-refractivity contribution in [1.29, 1.82) is 0 Å². The summed E-state index contributed by atoms with van der Waals surface area (Å²) in [5, 5.41) is 6.29. The summed E-state index contributed by atoms with van der Waals surface area (Å²) >= 11 is 0. The van der Waals surface area contributed by atoms with Crippen LogP contribution in [0.25, 0.3) is 0 Å². The first-order valence-corrected chi connectivity index (χ1v) is 7.49. The second kappa shape index (κ2) is 10.7. The number of halogens is 4. The van der Waals surface area contributed by atoms with Crippen molar-refractivity contribution in [3.8, 4) is 5.75 Å². The molecule has 0 amide bonds. The highest BCUT2D eigenvalue weighted by atomic mass is 127. The number of ether oxygens (including phenoxy) is 2. The number of hydrogen-bond acceptors (Lipinski definition) is 3. The van der Waals surface area contributed by atoms with Crippen LogP contribution in [-0.2, 0) is 11.2 Å². The fourth-order valence-electron chi connectivity index (χ4n) is 1.77. The number of rotatable bonds is 7. The Labute approximate surface area is 163 Å². The first-order chi connectivity index (χ1) is 11.1. The summed E-state index contributed by atoms with van der Waals surface area (Å²) in [6, 6.07) is 5.81. The summed E-state index contributed by atoms with van der Waals surface area (Å²) in [6.07, 6.45) is -4.03. The van der Waals surface area contributed by atoms with Crippen LogP contribution >= 0.6 is 24.0 Å². The Morgan fingerprint density at radius 1 is 1.12 bits per heavy atom. The molecule has 1 rings (SSSR count). The van der Waals surface area contributed by atoms with Gasteiger partial charge < -0.3 is 20.1 Å². The smallest absolute Gasteiger partial charge is 0.406 e. The van der Waals surface area contributed by atoms with E-state index in [9.17, 15) is 13.2 Å². The minimum atomic E-state index is -4.67. The van der Waals surface area contributed by atoms with Gasteiger partial charge in [-0.1, -0.05) is 12.1 Å². The number of nitrogens with one attached hydrogen (secondary N) is 2. The molecule has 5 nitrogen and oxygen atoms in total. The summed E-state index contributed by atoms with van der Waals surface area (Å²) < 4.78 is 45.4. The van der Waals surface area contributed by atoms with Gasteiger partial charge in [-0.15, -0.1) is 37.1 Å². The lowest BCUT2D eigenvalue weighted by Crippen LogP contribution is -2.45. The molecule has 25 heavy (non-hydrogen) atoms. The van der Waals surface area contributed by atoms with E-state index < -0.39 is 6.36 Å². The molecule has 0 heterocycles. The van der Waals surface area contributed by atoms with Gasteiger partial charge in [-0.05, 0) is 38.0 Å². The molecule has 0 saturated heterocycles. The largest absolute Gasteiger partial charge is 0.573 e. The second-order valence-electron chi connectivity index (χ2n) is 5.76. The molecule has 0 atom stereocenters. The van der Waals surface area contributed by atoms with E-state index in [1.54, 1.807) is 26.3 Å². The van der Waals surface area contributed by atoms with Crippen molar-refractivity contribution in [2.75, 3.05) is 27.2 Å². The maximum absolute atomic E-state index is 12.1. The summed E-state index contributed by atoms with van der Waals surface area (Å²) in [4.78, 5) is 4.10. The minimum Gasteiger partial charge on any atom is -0.406 e. The normalized spacial score (nSPS) is 12.4. The molecule has 0 saturated carbocycles. The van der Waals surface area contributed by atoms with Crippen LogP contribution in [0.3, 0.4) is 0 Å². The number of aliphatic imine (C=N–C) groups is 1. The second-order valence-corrected chi connectivity index (χ2v) is 5.76. The number of methoxy groups -OCH3 is 1. The van der Waals surface area contributed by atoms with Gasteiger partial charge in [0, 0.05) is 27.2 Å². The van der Waals surface area contributed by atoms with Gasteiger partial charge in [0.15, 0.2) is 5.96 Å². The van der Waals surface area contributed by atoms with Gasteiger partial charge >= 0.3 is 6.36 Å². The summed E-state index contributed by atoms with van der Waals surface area (Å²) in [7, 11) is 3.31. The zero-order chi connectivity index (χ0) is 18.2. The van der Waals surface area contributed by atoms with Crippen LogP contribution in [-0.4, -0.2) is 45.2 Å². The van der Waals surface area contributed by atoms with E-state index in [0.717, 1.165) is 5.56 Å². The van der Waals surface area contributed by atoms with E-state index in [1.807, 2.05) is 13.8 Å². The average molecular weight is 475 g/mol. The van der Waals surface area contributed by atoms with Crippen molar-refractivity contribution in [3.63, 3.8) is 0 Å². The molecule has 0 aliphatic heterocycles. The maximum atomic E-state index is 12.1. The monoisotopic (exact) mass is 475 g/mol. The molecule has 1 aromatic rings. The fraction of sp³-hybridized carbons (Fsp3) is 0.562. The third-order valence-electron chi connectivity index (χ3n) is 3.32. The number of alkyl halides is 3. The average Bonchev–Trinajstić information content (AvgIpc) is 2.51. The predicted octanol–water partition coefficient (Wildman–Crippen LogP) is 3.34. The van der Waals surface area contributed by atoms with Crippen LogP contribution in [0.2, 0.25) is 0 Å². The van der Waals surface area contributed by atoms with Crippen LogP contribution in [0.1, 0.15) is 19.4 Å². The highest BCUT2D eigenvalue weighted by Crippen LogP contribution is 2.22. The molecule has 9 heteroatoms. The van der Waals surface area contributed by atoms with Crippen LogP contribution in [0, 0.1) is 0 Å². The van der Waals surface area contributed by atoms with Crippen LogP contribution < -0.4 is 15.4 Å². The van der Waals surface area contributed by atoms with Gasteiger partial charge in [0.2, 0.25) is 0 Å². The molecule has 1 aromatic carbocycles. The molecule has 0 fully saturated rings. The Balaban J connectivity index is 0.00000576. The van der Waals surface area contributed by atoms with Crippen molar-refractivity contribution in [3.05, 3.63) is 29.8 Å². The third-order valence-corrected chi connectivity index (χ3v) is 3.32. The van der Waals surface area contributed by atoms with Gasteiger partial charge in [-0.25, -0.2) is 0 Å². The fourth-order valence-corrected chi connectivity index (χ4v) is 1.77. The van der Waals surface area contributed by atoms with E-state index in [1.165, 1.54) is 12.1 Å². The van der Waals surface area contributed by atoms with Gasteiger partial charge in [0.05, 0.1) is 5.60 Å². The molecule has 0 aromatic heterocycles. The standard InChI is InChI=1S/C16H24F3N3O2.HI/c1-15(2,23-4)11-22-14(20-3)21-10-9-12-5-7-13(8-6-12)24-16(17,18)19;/h5-8H,9-11H2,1-4H3,(H2,20,21,22);1H. The zero-order valence-corrected chi connectivity index (χ0v) is 17.1. The Kier molecular flexibility index (Phi) is 10.2. The molecule has 0 bridgehead atoms. The number of guanidine groups is 1. The zero-order valence-electron chi connectivity index (χ0n) is 14.7. The minimum absolute atomic E-state index is 0. The first-order valence-electron chi connectivity index (χ1n) is 7.49. The van der Waals surface area contributed by atoms with Crippen molar-refractivity contribution in [2.24, 2.45) is 4.99 Å². The molecule has 0 radical (unpaired) electrons. The lowest BCUT2D eigenvalue weighted by molar-refractivity contribution is -0.274. The molecule has 0 aliphatic carbocycles. The molecule has 2 N–H and O–H groups in total.